The highest BCUT2D eigenvalue weighted by Crippen LogP contribution is 2.23. The van der Waals surface area contributed by atoms with Gasteiger partial charge in [-0.2, -0.15) is 0 Å². The Balaban J connectivity index is 1.17. The first-order chi connectivity index (χ1) is 14.7. The molecule has 1 amide bonds. The number of piperazine rings is 1. The number of nitrogens with zero attached hydrogens (tertiary/aromatic N) is 5. The molecule has 0 N–H and O–H groups in total. The van der Waals surface area contributed by atoms with Crippen LogP contribution in [0, 0.1) is 5.92 Å². The number of benzene rings is 1. The highest BCUT2D eigenvalue weighted by molar-refractivity contribution is 5.76. The smallest absolute Gasteiger partial charge is 0.222 e. The third-order valence-corrected chi connectivity index (χ3v) is 6.63. The Bertz CT molecular complexity index is 797. The largest absolute Gasteiger partial charge is 0.340 e. The van der Waals surface area contributed by atoms with Crippen molar-refractivity contribution < 1.29 is 4.79 Å². The van der Waals surface area contributed by atoms with Crippen LogP contribution in [0.25, 0.3) is 0 Å². The fraction of sp³-hybridized carbons (Fsp3) is 0.583. The van der Waals surface area contributed by atoms with Gasteiger partial charge in [-0.3, -0.25) is 14.6 Å². The van der Waals surface area contributed by atoms with Crippen molar-refractivity contribution in [2.45, 2.75) is 38.8 Å². The third kappa shape index (κ3) is 5.70. The molecule has 3 heterocycles. The number of hydrogen-bond acceptors (Lipinski definition) is 4. The Labute approximate surface area is 180 Å². The molecule has 0 spiro atoms. The molecule has 0 aliphatic carbocycles. The first-order valence-electron chi connectivity index (χ1n) is 11.4. The van der Waals surface area contributed by atoms with Crippen molar-refractivity contribution in [3.05, 3.63) is 54.1 Å². The van der Waals surface area contributed by atoms with E-state index in [9.17, 15) is 4.79 Å². The van der Waals surface area contributed by atoms with Crippen molar-refractivity contribution in [2.75, 3.05) is 39.3 Å². The van der Waals surface area contributed by atoms with Gasteiger partial charge in [0, 0.05) is 65.1 Å². The molecule has 1 aromatic carbocycles. The highest BCUT2D eigenvalue weighted by Gasteiger charge is 2.24. The molecular weight excluding hydrogens is 374 g/mol. The van der Waals surface area contributed by atoms with E-state index in [1.807, 2.05) is 12.4 Å². The summed E-state index contributed by atoms with van der Waals surface area (Å²) in [5.41, 5.74) is 1.35. The summed E-state index contributed by atoms with van der Waals surface area (Å²) in [6.07, 6.45) is 8.06. The average Bonchev–Trinajstić information content (AvgIpc) is 3.18. The summed E-state index contributed by atoms with van der Waals surface area (Å²) >= 11 is 0. The summed E-state index contributed by atoms with van der Waals surface area (Å²) in [6, 6.07) is 10.6. The Kier molecular flexibility index (Phi) is 7.18. The van der Waals surface area contributed by atoms with Crippen molar-refractivity contribution in [1.82, 2.24) is 24.3 Å². The molecule has 2 fully saturated rings. The van der Waals surface area contributed by atoms with Gasteiger partial charge in [0.2, 0.25) is 5.91 Å². The second-order valence-corrected chi connectivity index (χ2v) is 8.88. The SMILES string of the molecule is Cn1ccnc1CN1CCCC(CCC(=O)N2CCN(Cc3ccccc3)CC2)C1. The number of hydrogen-bond donors (Lipinski definition) is 0. The number of carbonyl (C=O) groups excluding carboxylic acids is 1. The molecule has 2 aliphatic heterocycles. The molecule has 2 saturated heterocycles. The second-order valence-electron chi connectivity index (χ2n) is 8.88. The van der Waals surface area contributed by atoms with Crippen LogP contribution in [-0.2, 0) is 24.9 Å². The maximum Gasteiger partial charge on any atom is 0.222 e. The van der Waals surface area contributed by atoms with Crippen LogP contribution in [0.3, 0.4) is 0 Å². The number of aryl methyl sites for hydroxylation is 1. The van der Waals surface area contributed by atoms with Crippen LogP contribution in [-0.4, -0.2) is 69.4 Å². The number of piperidine rings is 1. The van der Waals surface area contributed by atoms with Crippen LogP contribution in [0.2, 0.25) is 0 Å². The van der Waals surface area contributed by atoms with E-state index in [0.29, 0.717) is 18.2 Å². The first kappa shape index (κ1) is 21.1. The van der Waals surface area contributed by atoms with Crippen LogP contribution in [0.1, 0.15) is 37.1 Å². The zero-order valence-corrected chi connectivity index (χ0v) is 18.2. The summed E-state index contributed by atoms with van der Waals surface area (Å²) in [5.74, 6) is 2.10. The number of carbonyl (C=O) groups is 1. The van der Waals surface area contributed by atoms with Gasteiger partial charge in [-0.1, -0.05) is 30.3 Å². The monoisotopic (exact) mass is 409 g/mol. The van der Waals surface area contributed by atoms with E-state index in [2.05, 4.69) is 61.6 Å². The number of rotatable bonds is 7. The molecule has 6 heteroatoms. The van der Waals surface area contributed by atoms with Gasteiger partial charge in [-0.25, -0.2) is 4.98 Å². The molecule has 0 radical (unpaired) electrons. The van der Waals surface area contributed by atoms with E-state index in [0.717, 1.165) is 64.6 Å². The van der Waals surface area contributed by atoms with Crippen LogP contribution in [0.4, 0.5) is 0 Å². The summed E-state index contributed by atoms with van der Waals surface area (Å²) in [4.78, 5) is 24.3. The zero-order chi connectivity index (χ0) is 20.8. The van der Waals surface area contributed by atoms with Crippen LogP contribution in [0.5, 0.6) is 0 Å². The minimum atomic E-state index is 0.343. The van der Waals surface area contributed by atoms with E-state index >= 15 is 0 Å². The minimum Gasteiger partial charge on any atom is -0.340 e. The molecule has 2 aliphatic rings. The number of imidazole rings is 1. The van der Waals surface area contributed by atoms with Crippen LogP contribution < -0.4 is 0 Å². The lowest BCUT2D eigenvalue weighted by Crippen LogP contribution is -2.48. The zero-order valence-electron chi connectivity index (χ0n) is 18.2. The summed E-state index contributed by atoms with van der Waals surface area (Å²) in [6.45, 7) is 7.80. The summed E-state index contributed by atoms with van der Waals surface area (Å²) in [5, 5.41) is 0. The quantitative estimate of drug-likeness (QED) is 0.705. The Morgan fingerprint density at radius 2 is 1.83 bits per heavy atom. The molecule has 1 atom stereocenters. The van der Waals surface area contributed by atoms with Gasteiger partial charge in [-0.15, -0.1) is 0 Å². The maximum atomic E-state index is 12.8. The number of likely N-dealkylation sites (tertiary alicyclic amines) is 1. The van der Waals surface area contributed by atoms with E-state index in [1.54, 1.807) is 0 Å². The van der Waals surface area contributed by atoms with Crippen LogP contribution >= 0.6 is 0 Å². The standard InChI is InChI=1S/C24H35N5O/c1-26-13-11-25-23(26)20-28-12-5-8-22(19-28)9-10-24(30)29-16-14-27(15-17-29)18-21-6-3-2-4-7-21/h2-4,6-7,11,13,22H,5,8-10,12,14-20H2,1H3. The molecular formula is C24H35N5O. The van der Waals surface area contributed by atoms with Gasteiger partial charge in [-0.05, 0) is 37.3 Å². The fourth-order valence-corrected chi connectivity index (χ4v) is 4.76. The Morgan fingerprint density at radius 3 is 2.57 bits per heavy atom. The lowest BCUT2D eigenvalue weighted by Gasteiger charge is -2.36. The molecule has 0 saturated carbocycles. The van der Waals surface area contributed by atoms with Crippen molar-refractivity contribution in [2.24, 2.45) is 13.0 Å². The molecule has 6 nitrogen and oxygen atoms in total. The van der Waals surface area contributed by atoms with Gasteiger partial charge >= 0.3 is 0 Å². The van der Waals surface area contributed by atoms with Gasteiger partial charge in [0.05, 0.1) is 6.54 Å². The molecule has 2 aromatic rings. The molecule has 0 bridgehead atoms. The first-order valence-corrected chi connectivity index (χ1v) is 11.4. The van der Waals surface area contributed by atoms with Crippen molar-refractivity contribution in [3.63, 3.8) is 0 Å². The predicted molar refractivity (Wildman–Crippen MR) is 119 cm³/mol. The molecule has 1 unspecified atom stereocenters. The normalized spacial score (nSPS) is 21.1. The lowest BCUT2D eigenvalue weighted by atomic mass is 9.93. The van der Waals surface area contributed by atoms with Gasteiger partial charge in [0.15, 0.2) is 0 Å². The third-order valence-electron chi connectivity index (χ3n) is 6.63. The molecule has 162 valence electrons. The van der Waals surface area contributed by atoms with E-state index in [-0.39, 0.29) is 0 Å². The van der Waals surface area contributed by atoms with Crippen molar-refractivity contribution in [1.29, 1.82) is 0 Å². The Morgan fingerprint density at radius 1 is 1.03 bits per heavy atom. The van der Waals surface area contributed by atoms with Gasteiger partial charge < -0.3 is 9.47 Å². The van der Waals surface area contributed by atoms with Gasteiger partial charge in [0.25, 0.3) is 0 Å². The molecule has 1 aromatic heterocycles. The van der Waals surface area contributed by atoms with Crippen molar-refractivity contribution in [3.8, 4) is 0 Å². The van der Waals surface area contributed by atoms with E-state index in [1.165, 1.54) is 18.4 Å². The van der Waals surface area contributed by atoms with E-state index in [4.69, 9.17) is 0 Å². The van der Waals surface area contributed by atoms with E-state index < -0.39 is 0 Å². The number of amides is 1. The van der Waals surface area contributed by atoms with Crippen molar-refractivity contribution >= 4 is 5.91 Å². The number of aromatic nitrogens is 2. The minimum absolute atomic E-state index is 0.343. The predicted octanol–water partition coefficient (Wildman–Crippen LogP) is 2.76. The molecule has 30 heavy (non-hydrogen) atoms. The molecule has 4 rings (SSSR count). The van der Waals surface area contributed by atoms with Gasteiger partial charge in [0.1, 0.15) is 5.82 Å². The van der Waals surface area contributed by atoms with Crippen LogP contribution in [0.15, 0.2) is 42.7 Å². The topological polar surface area (TPSA) is 44.6 Å². The average molecular weight is 410 g/mol. The lowest BCUT2D eigenvalue weighted by molar-refractivity contribution is -0.133. The second kappa shape index (κ2) is 10.2. The summed E-state index contributed by atoms with van der Waals surface area (Å²) in [7, 11) is 2.06. The summed E-state index contributed by atoms with van der Waals surface area (Å²) < 4.78 is 2.10. The maximum absolute atomic E-state index is 12.8. The fourth-order valence-electron chi connectivity index (χ4n) is 4.76. The highest BCUT2D eigenvalue weighted by atomic mass is 16.2. The Hall–Kier alpha value is -2.18.